The zero-order valence-corrected chi connectivity index (χ0v) is 17.5. The highest BCUT2D eigenvalue weighted by molar-refractivity contribution is 5.85. The Morgan fingerprint density at radius 2 is 1.97 bits per heavy atom. The number of halogens is 1. The molecule has 0 saturated carbocycles. The van der Waals surface area contributed by atoms with Crippen molar-refractivity contribution in [2.45, 2.75) is 45.8 Å². The van der Waals surface area contributed by atoms with Crippen LogP contribution in [0.2, 0.25) is 0 Å². The fraction of sp³-hybridized carbons (Fsp3) is 0.455. The van der Waals surface area contributed by atoms with Crippen molar-refractivity contribution in [3.05, 3.63) is 59.7 Å². The second kappa shape index (κ2) is 8.27. The number of carbonyl (C=O) groups excluding carboxylic acids is 2. The van der Waals surface area contributed by atoms with Crippen LogP contribution in [0, 0.1) is 5.82 Å². The zero-order chi connectivity index (χ0) is 21.2. The first-order chi connectivity index (χ1) is 13.7. The first kappa shape index (κ1) is 20.9. The Morgan fingerprint density at radius 1 is 1.21 bits per heavy atom. The average molecular weight is 400 g/mol. The summed E-state index contributed by atoms with van der Waals surface area (Å²) in [6, 6.07) is 9.60. The zero-order valence-electron chi connectivity index (χ0n) is 17.5. The quantitative estimate of drug-likeness (QED) is 0.855. The van der Waals surface area contributed by atoms with Gasteiger partial charge in [0, 0.05) is 37.1 Å². The predicted octanol–water partition coefficient (Wildman–Crippen LogP) is 3.39. The van der Waals surface area contributed by atoms with Crippen LogP contribution >= 0.6 is 0 Å². The number of hydrogen-bond donors (Lipinski definition) is 1. The largest absolute Gasteiger partial charge is 0.348 e. The Morgan fingerprint density at radius 3 is 2.62 bits per heavy atom. The number of likely N-dealkylation sites (N-methyl/N-ethyl adjacent to an activating group) is 1. The second-order valence-electron chi connectivity index (χ2n) is 8.37. The Hall–Kier alpha value is -2.83. The molecule has 3 amide bonds. The lowest BCUT2D eigenvalue weighted by molar-refractivity contribution is -0.134. The summed E-state index contributed by atoms with van der Waals surface area (Å²) in [5.41, 5.74) is 1.28. The van der Waals surface area contributed by atoms with Gasteiger partial charge in [-0.05, 0) is 57.5 Å². The molecule has 3 rings (SSSR count). The van der Waals surface area contributed by atoms with Gasteiger partial charge in [-0.15, -0.1) is 0 Å². The summed E-state index contributed by atoms with van der Waals surface area (Å²) in [4.78, 5) is 29.0. The minimum absolute atomic E-state index is 0.0229. The maximum atomic E-state index is 13.9. The Balaban J connectivity index is 1.85. The average Bonchev–Trinajstić information content (AvgIpc) is 3.12. The van der Waals surface area contributed by atoms with Crippen molar-refractivity contribution in [3.8, 4) is 0 Å². The van der Waals surface area contributed by atoms with Crippen LogP contribution in [-0.4, -0.2) is 51.5 Å². The van der Waals surface area contributed by atoms with Crippen LogP contribution in [-0.2, 0) is 11.3 Å². The van der Waals surface area contributed by atoms with Crippen LogP contribution in [0.3, 0.4) is 0 Å². The van der Waals surface area contributed by atoms with Crippen LogP contribution < -0.4 is 5.32 Å². The van der Waals surface area contributed by atoms with Crippen molar-refractivity contribution < 1.29 is 14.0 Å². The van der Waals surface area contributed by atoms with E-state index in [4.69, 9.17) is 0 Å². The lowest BCUT2D eigenvalue weighted by Crippen LogP contribution is -2.52. The van der Waals surface area contributed by atoms with Crippen molar-refractivity contribution in [1.82, 2.24) is 19.7 Å². The third-order valence-electron chi connectivity index (χ3n) is 5.00. The van der Waals surface area contributed by atoms with E-state index in [1.807, 2.05) is 52.1 Å². The minimum atomic E-state index is -0.385. The molecule has 1 atom stereocenters. The van der Waals surface area contributed by atoms with Crippen molar-refractivity contribution in [1.29, 1.82) is 0 Å². The van der Waals surface area contributed by atoms with Crippen LogP contribution in [0.1, 0.15) is 45.0 Å². The van der Waals surface area contributed by atoms with Gasteiger partial charge in [-0.25, -0.2) is 9.18 Å². The van der Waals surface area contributed by atoms with Crippen LogP contribution in [0.4, 0.5) is 9.18 Å². The lowest BCUT2D eigenvalue weighted by Gasteiger charge is -2.38. The third kappa shape index (κ3) is 4.78. The summed E-state index contributed by atoms with van der Waals surface area (Å²) in [6.45, 7) is 9.12. The summed E-state index contributed by atoms with van der Waals surface area (Å²) in [6.07, 6.45) is 1.97. The highest BCUT2D eigenvalue weighted by Gasteiger charge is 2.33. The molecule has 0 saturated heterocycles. The predicted molar refractivity (Wildman–Crippen MR) is 110 cm³/mol. The third-order valence-corrected chi connectivity index (χ3v) is 5.00. The molecule has 29 heavy (non-hydrogen) atoms. The molecule has 0 bridgehead atoms. The fourth-order valence-corrected chi connectivity index (χ4v) is 3.66. The normalized spacial score (nSPS) is 16.3. The molecular formula is C22H29FN4O2. The molecule has 6 nitrogen and oxygen atoms in total. The topological polar surface area (TPSA) is 57.6 Å². The van der Waals surface area contributed by atoms with E-state index in [-0.39, 0.29) is 35.9 Å². The van der Waals surface area contributed by atoms with Gasteiger partial charge in [0.25, 0.3) is 0 Å². The molecule has 7 heteroatoms. The van der Waals surface area contributed by atoms with Crippen LogP contribution in [0.15, 0.2) is 42.6 Å². The molecule has 2 aromatic rings. The number of fused-ring (bicyclic) bond motifs is 1. The molecule has 156 valence electrons. The lowest BCUT2D eigenvalue weighted by atomic mass is 9.99. The number of aromatic nitrogens is 1. The first-order valence-electron chi connectivity index (χ1n) is 9.96. The number of nitrogens with one attached hydrogen (secondary N) is 1. The van der Waals surface area contributed by atoms with E-state index in [2.05, 4.69) is 9.88 Å². The number of nitrogens with zero attached hydrogens (tertiary/aromatic N) is 3. The maximum absolute atomic E-state index is 13.9. The van der Waals surface area contributed by atoms with Crippen molar-refractivity contribution in [2.75, 3.05) is 19.6 Å². The van der Waals surface area contributed by atoms with E-state index in [9.17, 15) is 14.0 Å². The molecule has 1 aromatic heterocycles. The van der Waals surface area contributed by atoms with Gasteiger partial charge in [0.15, 0.2) is 0 Å². The van der Waals surface area contributed by atoms with E-state index < -0.39 is 0 Å². The highest BCUT2D eigenvalue weighted by Crippen LogP contribution is 2.32. The molecule has 0 spiro atoms. The number of amides is 3. The number of carbonyl (C=O) groups is 2. The van der Waals surface area contributed by atoms with Crippen molar-refractivity contribution >= 4 is 11.9 Å². The SMILES string of the molecule is CCN(CC(=O)N1CCn2cccc2C1c1cccc(F)c1)C(=O)NC(C)(C)C. The fourth-order valence-electron chi connectivity index (χ4n) is 3.66. The van der Waals surface area contributed by atoms with Gasteiger partial charge in [-0.1, -0.05) is 12.1 Å². The van der Waals surface area contributed by atoms with Crippen molar-refractivity contribution in [2.24, 2.45) is 0 Å². The van der Waals surface area contributed by atoms with E-state index in [0.717, 1.165) is 11.3 Å². The smallest absolute Gasteiger partial charge is 0.318 e. The minimum Gasteiger partial charge on any atom is -0.348 e. The number of benzene rings is 1. The van der Waals surface area contributed by atoms with E-state index >= 15 is 0 Å². The summed E-state index contributed by atoms with van der Waals surface area (Å²) >= 11 is 0. The number of rotatable bonds is 4. The highest BCUT2D eigenvalue weighted by atomic mass is 19.1. The maximum Gasteiger partial charge on any atom is 0.318 e. The molecule has 1 aliphatic rings. The molecule has 0 fully saturated rings. The Kier molecular flexibility index (Phi) is 5.96. The van der Waals surface area contributed by atoms with Gasteiger partial charge in [-0.2, -0.15) is 0 Å². The van der Waals surface area contributed by atoms with Gasteiger partial charge in [0.05, 0.1) is 6.04 Å². The molecule has 1 N–H and O–H groups in total. The van der Waals surface area contributed by atoms with Gasteiger partial charge < -0.3 is 19.7 Å². The van der Waals surface area contributed by atoms with E-state index in [1.54, 1.807) is 11.0 Å². The first-order valence-corrected chi connectivity index (χ1v) is 9.96. The van der Waals surface area contributed by atoms with E-state index in [1.165, 1.54) is 17.0 Å². The van der Waals surface area contributed by atoms with E-state index in [0.29, 0.717) is 19.6 Å². The van der Waals surface area contributed by atoms with Gasteiger partial charge in [0.2, 0.25) is 5.91 Å². The monoisotopic (exact) mass is 400 g/mol. The second-order valence-corrected chi connectivity index (χ2v) is 8.37. The van der Waals surface area contributed by atoms with Crippen molar-refractivity contribution in [3.63, 3.8) is 0 Å². The molecule has 0 radical (unpaired) electrons. The molecule has 1 unspecified atom stereocenters. The molecule has 0 aliphatic carbocycles. The molecule has 1 aliphatic heterocycles. The number of hydrogen-bond acceptors (Lipinski definition) is 2. The summed E-state index contributed by atoms with van der Waals surface area (Å²) in [5, 5.41) is 2.90. The van der Waals surface area contributed by atoms with Gasteiger partial charge in [0.1, 0.15) is 12.4 Å². The standard InChI is InChI=1S/C22H29FN4O2/c1-5-25(21(29)24-22(2,3)4)15-19(28)27-13-12-26-11-7-10-18(26)20(27)16-8-6-9-17(23)14-16/h6-11,14,20H,5,12-13,15H2,1-4H3,(H,24,29). The van der Waals surface area contributed by atoms with Gasteiger partial charge >= 0.3 is 6.03 Å². The number of urea groups is 1. The Bertz CT molecular complexity index is 887. The summed E-state index contributed by atoms with van der Waals surface area (Å²) in [7, 11) is 0. The molecular weight excluding hydrogens is 371 g/mol. The van der Waals surface area contributed by atoms with Crippen LogP contribution in [0.5, 0.6) is 0 Å². The van der Waals surface area contributed by atoms with Gasteiger partial charge in [-0.3, -0.25) is 4.79 Å². The summed E-state index contributed by atoms with van der Waals surface area (Å²) < 4.78 is 16.0. The van der Waals surface area contributed by atoms with Crippen LogP contribution in [0.25, 0.3) is 0 Å². The Labute approximate surface area is 171 Å². The molecule has 2 heterocycles. The summed E-state index contributed by atoms with van der Waals surface area (Å²) in [5.74, 6) is -0.490. The molecule has 1 aromatic carbocycles.